The Labute approximate surface area is 177 Å². The van der Waals surface area contributed by atoms with E-state index >= 15 is 0 Å². The van der Waals surface area contributed by atoms with Crippen LogP contribution in [0, 0.1) is 18.6 Å². The number of hydrogen-bond donors (Lipinski definition) is 0. The molecule has 7 heteroatoms. The van der Waals surface area contributed by atoms with E-state index in [-0.39, 0.29) is 11.3 Å². The van der Waals surface area contributed by atoms with E-state index in [2.05, 4.69) is 10.2 Å². The molecule has 0 saturated heterocycles. The molecule has 0 aliphatic carbocycles. The van der Waals surface area contributed by atoms with Gasteiger partial charge in [-0.25, -0.2) is 8.78 Å². The van der Waals surface area contributed by atoms with Crippen molar-refractivity contribution in [2.24, 2.45) is 0 Å². The Morgan fingerprint density at radius 3 is 2.37 bits per heavy atom. The summed E-state index contributed by atoms with van der Waals surface area (Å²) in [5.74, 6) is -0.0511. The molecule has 3 aromatic carbocycles. The topological polar surface area (TPSA) is 39.9 Å². The number of aryl methyl sites for hydroxylation is 1. The predicted molar refractivity (Wildman–Crippen MR) is 114 cm³/mol. The van der Waals surface area contributed by atoms with Crippen molar-refractivity contribution < 1.29 is 13.5 Å². The summed E-state index contributed by atoms with van der Waals surface area (Å²) in [5.41, 5.74) is 3.17. The summed E-state index contributed by atoms with van der Waals surface area (Å²) in [5, 5.41) is 9.30. The summed E-state index contributed by atoms with van der Waals surface area (Å²) in [6.45, 7) is 2.02. The van der Waals surface area contributed by atoms with E-state index in [4.69, 9.17) is 4.74 Å². The molecule has 0 atom stereocenters. The maximum Gasteiger partial charge on any atom is 0.196 e. The second-order valence-electron chi connectivity index (χ2n) is 6.71. The van der Waals surface area contributed by atoms with E-state index in [9.17, 15) is 8.78 Å². The second-order valence-corrected chi connectivity index (χ2v) is 7.65. The molecule has 0 fully saturated rings. The molecule has 4 nitrogen and oxygen atoms in total. The predicted octanol–water partition coefficient (Wildman–Crippen LogP) is 5.82. The van der Waals surface area contributed by atoms with Crippen LogP contribution < -0.4 is 4.74 Å². The van der Waals surface area contributed by atoms with Crippen molar-refractivity contribution in [3.8, 4) is 22.8 Å². The van der Waals surface area contributed by atoms with Crippen LogP contribution in [0.15, 0.2) is 71.9 Å². The zero-order valence-corrected chi connectivity index (χ0v) is 17.3. The van der Waals surface area contributed by atoms with E-state index in [1.165, 1.54) is 17.8 Å². The van der Waals surface area contributed by atoms with Crippen molar-refractivity contribution in [3.05, 3.63) is 89.5 Å². The zero-order chi connectivity index (χ0) is 21.1. The van der Waals surface area contributed by atoms with Crippen LogP contribution in [-0.2, 0) is 5.75 Å². The van der Waals surface area contributed by atoms with Crippen molar-refractivity contribution in [1.29, 1.82) is 0 Å². The maximum atomic E-state index is 14.1. The third-order valence-corrected chi connectivity index (χ3v) is 5.64. The lowest BCUT2D eigenvalue weighted by Crippen LogP contribution is -2.00. The Morgan fingerprint density at radius 1 is 0.933 bits per heavy atom. The molecule has 0 bridgehead atoms. The molecule has 152 valence electrons. The highest BCUT2D eigenvalue weighted by molar-refractivity contribution is 7.98. The molecule has 0 spiro atoms. The number of nitrogens with zero attached hydrogens (tertiary/aromatic N) is 3. The van der Waals surface area contributed by atoms with Gasteiger partial charge in [0.1, 0.15) is 5.75 Å². The van der Waals surface area contributed by atoms with Gasteiger partial charge in [-0.3, -0.25) is 4.57 Å². The average molecular weight is 423 g/mol. The van der Waals surface area contributed by atoms with Crippen LogP contribution >= 0.6 is 11.8 Å². The Morgan fingerprint density at radius 2 is 1.67 bits per heavy atom. The number of benzene rings is 3. The number of aromatic nitrogens is 3. The van der Waals surface area contributed by atoms with Crippen molar-refractivity contribution in [1.82, 2.24) is 14.8 Å². The van der Waals surface area contributed by atoms with Gasteiger partial charge >= 0.3 is 0 Å². The van der Waals surface area contributed by atoms with E-state index in [0.29, 0.717) is 11.0 Å². The SMILES string of the molecule is COc1ccc(-c2nnc(SCc3cccc(F)c3F)n2-c2ccc(C)cc2)cc1. The number of thioether (sulfide) groups is 1. The first-order valence-corrected chi connectivity index (χ1v) is 10.3. The van der Waals surface area contributed by atoms with Crippen molar-refractivity contribution in [3.63, 3.8) is 0 Å². The highest BCUT2D eigenvalue weighted by atomic mass is 32.2. The molecule has 0 aliphatic heterocycles. The van der Waals surface area contributed by atoms with Crippen LogP contribution in [0.5, 0.6) is 5.75 Å². The van der Waals surface area contributed by atoms with Gasteiger partial charge in [0.05, 0.1) is 7.11 Å². The molecule has 4 aromatic rings. The van der Waals surface area contributed by atoms with Crippen molar-refractivity contribution in [2.45, 2.75) is 17.8 Å². The third-order valence-electron chi connectivity index (χ3n) is 4.66. The fraction of sp³-hybridized carbons (Fsp3) is 0.130. The van der Waals surface area contributed by atoms with Crippen LogP contribution in [0.3, 0.4) is 0 Å². The first-order valence-electron chi connectivity index (χ1n) is 9.29. The lowest BCUT2D eigenvalue weighted by Gasteiger charge is -2.11. The molecule has 0 radical (unpaired) electrons. The molecule has 0 N–H and O–H groups in total. The summed E-state index contributed by atoms with van der Waals surface area (Å²) >= 11 is 1.30. The van der Waals surface area contributed by atoms with Gasteiger partial charge in [-0.05, 0) is 49.4 Å². The number of halogens is 2. The van der Waals surface area contributed by atoms with Gasteiger partial charge in [0.25, 0.3) is 0 Å². The summed E-state index contributed by atoms with van der Waals surface area (Å²) in [6.07, 6.45) is 0. The first-order chi connectivity index (χ1) is 14.6. The Hall–Kier alpha value is -3.19. The molecule has 0 aliphatic rings. The average Bonchev–Trinajstić information content (AvgIpc) is 3.19. The molecule has 1 aromatic heterocycles. The minimum Gasteiger partial charge on any atom is -0.497 e. The van der Waals surface area contributed by atoms with Gasteiger partial charge in [-0.2, -0.15) is 0 Å². The number of hydrogen-bond acceptors (Lipinski definition) is 4. The number of ether oxygens (including phenoxy) is 1. The van der Waals surface area contributed by atoms with Crippen LogP contribution in [-0.4, -0.2) is 21.9 Å². The van der Waals surface area contributed by atoms with Gasteiger partial charge < -0.3 is 4.74 Å². The van der Waals surface area contributed by atoms with Gasteiger partial charge in [-0.1, -0.05) is 41.6 Å². The number of rotatable bonds is 6. The number of methoxy groups -OCH3 is 1. The highest BCUT2D eigenvalue weighted by Crippen LogP contribution is 2.31. The lowest BCUT2D eigenvalue weighted by molar-refractivity contribution is 0.415. The second kappa shape index (κ2) is 8.67. The highest BCUT2D eigenvalue weighted by Gasteiger charge is 2.17. The minimum absolute atomic E-state index is 0.232. The van der Waals surface area contributed by atoms with E-state index in [0.717, 1.165) is 28.6 Å². The molecular formula is C23H19F2N3OS. The summed E-state index contributed by atoms with van der Waals surface area (Å²) in [4.78, 5) is 0. The molecule has 1 heterocycles. The molecule has 4 rings (SSSR count). The van der Waals surface area contributed by atoms with Crippen molar-refractivity contribution >= 4 is 11.8 Å². The fourth-order valence-corrected chi connectivity index (χ4v) is 3.95. The lowest BCUT2D eigenvalue weighted by atomic mass is 10.2. The largest absolute Gasteiger partial charge is 0.497 e. The third kappa shape index (κ3) is 4.07. The standard InChI is InChI=1S/C23H19F2N3OS/c1-15-6-10-18(11-7-15)28-22(16-8-12-19(29-2)13-9-16)26-27-23(28)30-14-17-4-3-5-20(24)21(17)25/h3-13H,14H2,1-2H3. The monoisotopic (exact) mass is 423 g/mol. The zero-order valence-electron chi connectivity index (χ0n) is 16.5. The summed E-state index contributed by atoms with van der Waals surface area (Å²) < 4.78 is 34.8. The van der Waals surface area contributed by atoms with Gasteiger partial charge in [0.15, 0.2) is 22.6 Å². The first kappa shape index (κ1) is 20.1. The Kier molecular flexibility index (Phi) is 5.81. The molecule has 0 unspecified atom stereocenters. The van der Waals surface area contributed by atoms with E-state index in [1.54, 1.807) is 13.2 Å². The molecule has 30 heavy (non-hydrogen) atoms. The smallest absolute Gasteiger partial charge is 0.196 e. The van der Waals surface area contributed by atoms with Crippen LogP contribution in [0.25, 0.3) is 17.1 Å². The molecule has 0 saturated carbocycles. The molecular weight excluding hydrogens is 404 g/mol. The normalized spacial score (nSPS) is 10.9. The van der Waals surface area contributed by atoms with E-state index in [1.807, 2.05) is 60.0 Å². The quantitative estimate of drug-likeness (QED) is 0.366. The van der Waals surface area contributed by atoms with Crippen LogP contribution in [0.2, 0.25) is 0 Å². The summed E-state index contributed by atoms with van der Waals surface area (Å²) in [7, 11) is 1.62. The van der Waals surface area contributed by atoms with Gasteiger partial charge in [-0.15, -0.1) is 10.2 Å². The summed E-state index contributed by atoms with van der Waals surface area (Å²) in [6, 6.07) is 19.7. The van der Waals surface area contributed by atoms with Crippen LogP contribution in [0.4, 0.5) is 8.78 Å². The van der Waals surface area contributed by atoms with Gasteiger partial charge in [0.2, 0.25) is 0 Å². The minimum atomic E-state index is -0.855. The fourth-order valence-electron chi connectivity index (χ4n) is 3.02. The Balaban J connectivity index is 1.73. The van der Waals surface area contributed by atoms with Gasteiger partial charge in [0, 0.05) is 22.6 Å². The molecule has 0 amide bonds. The van der Waals surface area contributed by atoms with Crippen LogP contribution in [0.1, 0.15) is 11.1 Å². The maximum absolute atomic E-state index is 14.1. The van der Waals surface area contributed by atoms with E-state index < -0.39 is 11.6 Å². The Bertz CT molecular complexity index is 1160. The van der Waals surface area contributed by atoms with Crippen molar-refractivity contribution in [2.75, 3.05) is 7.11 Å².